The number of rotatable bonds is 0. The van der Waals surface area contributed by atoms with E-state index in [-0.39, 0.29) is 7.43 Å². The van der Waals surface area contributed by atoms with Crippen LogP contribution in [-0.4, -0.2) is 6.18 Å². The summed E-state index contributed by atoms with van der Waals surface area (Å²) in [6.45, 7) is 31.0. The van der Waals surface area contributed by atoms with Gasteiger partial charge in [-0.05, 0) is 21.7 Å². The lowest BCUT2D eigenvalue weighted by molar-refractivity contribution is -0.152. The van der Waals surface area contributed by atoms with Crippen LogP contribution in [0.5, 0.6) is 0 Å². The Hall–Kier alpha value is -0.210. The summed E-state index contributed by atoms with van der Waals surface area (Å²) in [4.78, 5) is 0. The van der Waals surface area contributed by atoms with E-state index in [0.717, 1.165) is 0 Å². The van der Waals surface area contributed by atoms with Crippen LogP contribution in [0.1, 0.15) is 118 Å². The van der Waals surface area contributed by atoms with Crippen molar-refractivity contribution in [2.45, 2.75) is 124 Å². The molecule has 0 spiro atoms. The van der Waals surface area contributed by atoms with Crippen LogP contribution in [-0.2, 0) is 0 Å². The number of halogens is 3. The Bertz CT molecular complexity index is 214. The van der Waals surface area contributed by atoms with Gasteiger partial charge in [0.05, 0.1) is 0 Å². The smallest absolute Gasteiger partial charge is 0.171 e. The minimum Gasteiger partial charge on any atom is -0.171 e. The molecule has 0 aromatic carbocycles. The average molecular weight is 373 g/mol. The molecule has 0 aromatic rings. The summed E-state index contributed by atoms with van der Waals surface area (Å²) < 4.78 is 34.7. The molecule has 0 radical (unpaired) electrons. The van der Waals surface area contributed by atoms with Gasteiger partial charge in [0.1, 0.15) is 0 Å². The Morgan fingerprint density at radius 2 is 0.560 bits per heavy atom. The topological polar surface area (TPSA) is 0 Å². The van der Waals surface area contributed by atoms with Crippen molar-refractivity contribution in [2.75, 3.05) is 0 Å². The highest BCUT2D eigenvalue weighted by molar-refractivity contribution is 4.66. The second kappa shape index (κ2) is 13.0. The molecule has 160 valence electrons. The monoisotopic (exact) mass is 372 g/mol. The number of hydrogen-bond donors (Lipinski definition) is 0. The van der Waals surface area contributed by atoms with Crippen LogP contribution >= 0.6 is 0 Å². The third-order valence-electron chi connectivity index (χ3n) is 0.731. The van der Waals surface area contributed by atoms with Gasteiger partial charge in [-0.3, -0.25) is 0 Å². The van der Waals surface area contributed by atoms with E-state index < -0.39 is 18.0 Å². The lowest BCUT2D eigenvalue weighted by Gasteiger charge is -2.19. The molecule has 0 aliphatic carbocycles. The van der Waals surface area contributed by atoms with E-state index in [2.05, 4.69) is 83.1 Å². The molecule has 0 saturated heterocycles. The normalized spacial score (nSPS) is 12.2. The van der Waals surface area contributed by atoms with Gasteiger partial charge in [0, 0.05) is 6.42 Å². The van der Waals surface area contributed by atoms with Gasteiger partial charge in [-0.1, -0.05) is 111 Å². The summed E-state index contributed by atoms with van der Waals surface area (Å²) in [5.74, 6) is 0. The molecule has 0 amide bonds. The third kappa shape index (κ3) is 337. The van der Waals surface area contributed by atoms with Crippen molar-refractivity contribution in [3.63, 3.8) is 0 Å². The Morgan fingerprint density at radius 3 is 0.560 bits per heavy atom. The van der Waals surface area contributed by atoms with E-state index in [1.165, 1.54) is 0 Å². The first-order chi connectivity index (χ1) is 9.71. The van der Waals surface area contributed by atoms with Gasteiger partial charge in [-0.2, -0.15) is 13.2 Å². The van der Waals surface area contributed by atoms with E-state index in [1.807, 2.05) is 0 Å². The highest BCUT2D eigenvalue weighted by Gasteiger charge is 2.33. The maximum absolute atomic E-state index is 11.6. The largest absolute Gasteiger partial charge is 0.389 e. The van der Waals surface area contributed by atoms with Crippen LogP contribution in [0, 0.1) is 21.7 Å². The zero-order chi connectivity index (χ0) is 21.2. The van der Waals surface area contributed by atoms with Crippen LogP contribution < -0.4 is 0 Å². The minimum absolute atomic E-state index is 0. The van der Waals surface area contributed by atoms with Crippen LogP contribution in [0.25, 0.3) is 0 Å². The summed E-state index contributed by atoms with van der Waals surface area (Å²) in [5, 5.41) is 0. The van der Waals surface area contributed by atoms with E-state index >= 15 is 0 Å². The van der Waals surface area contributed by atoms with Gasteiger partial charge in [0.15, 0.2) is 0 Å². The highest BCUT2D eigenvalue weighted by atomic mass is 19.4. The molecule has 0 unspecified atom stereocenters. The summed E-state index contributed by atoms with van der Waals surface area (Å²) in [5.41, 5.74) is 0.859. The van der Waals surface area contributed by atoms with Gasteiger partial charge in [0.25, 0.3) is 0 Å². The average Bonchev–Trinajstić information content (AvgIpc) is 1.80. The first-order valence-electron chi connectivity index (χ1n) is 8.77. The second-order valence-electron chi connectivity index (χ2n) is 12.4. The molecule has 0 bridgehead atoms. The summed E-state index contributed by atoms with van der Waals surface area (Å²) in [6, 6.07) is 0. The van der Waals surface area contributed by atoms with Crippen LogP contribution in [0.3, 0.4) is 0 Å². The van der Waals surface area contributed by atoms with Gasteiger partial charge in [0.2, 0.25) is 0 Å². The molecule has 0 nitrogen and oxygen atoms in total. The Kier molecular flexibility index (Phi) is 18.7. The quantitative estimate of drug-likeness (QED) is 0.397. The van der Waals surface area contributed by atoms with Crippen molar-refractivity contribution < 1.29 is 13.2 Å². The number of hydrogen-bond acceptors (Lipinski definition) is 0. The molecule has 3 heteroatoms. The van der Waals surface area contributed by atoms with Crippen molar-refractivity contribution in [2.24, 2.45) is 21.7 Å². The van der Waals surface area contributed by atoms with Crippen molar-refractivity contribution >= 4 is 0 Å². The number of alkyl halides is 3. The molecule has 0 fully saturated rings. The van der Waals surface area contributed by atoms with Crippen molar-refractivity contribution in [3.05, 3.63) is 0 Å². The standard InChI is InChI=1S/C6H11F3.3C5H12.CH4/c1-5(2,3)4-6(7,8)9;3*1-5(2,3)4;/h4H2,1-3H3;3*1-4H3;1H4. The summed E-state index contributed by atoms with van der Waals surface area (Å²) in [7, 11) is 0. The fourth-order valence-electron chi connectivity index (χ4n) is 0.601. The molecule has 0 saturated carbocycles. The predicted molar refractivity (Wildman–Crippen MR) is 112 cm³/mol. The highest BCUT2D eigenvalue weighted by Crippen LogP contribution is 2.31. The zero-order valence-corrected chi connectivity index (χ0v) is 19.3. The van der Waals surface area contributed by atoms with Crippen LogP contribution in [0.15, 0.2) is 0 Å². The summed E-state index contributed by atoms with van der Waals surface area (Å²) in [6.07, 6.45) is -4.72. The predicted octanol–water partition coefficient (Wildman–Crippen LogP) is 9.78. The lowest BCUT2D eigenvalue weighted by Crippen LogP contribution is -2.18. The molecule has 25 heavy (non-hydrogen) atoms. The first kappa shape index (κ1) is 35.8. The molecule has 0 aliphatic heterocycles. The van der Waals surface area contributed by atoms with Crippen LogP contribution in [0.2, 0.25) is 0 Å². The SMILES string of the molecule is C.CC(C)(C)C.CC(C)(C)C.CC(C)(C)C.CC(C)(C)CC(F)(F)F. The molecule has 0 heterocycles. The van der Waals surface area contributed by atoms with Gasteiger partial charge in [-0.15, -0.1) is 0 Å². The van der Waals surface area contributed by atoms with E-state index in [1.54, 1.807) is 20.8 Å². The molecule has 0 N–H and O–H groups in total. The fourth-order valence-corrected chi connectivity index (χ4v) is 0.601. The molecular weight excluding hydrogens is 321 g/mol. The van der Waals surface area contributed by atoms with Gasteiger partial charge < -0.3 is 0 Å². The van der Waals surface area contributed by atoms with Crippen molar-refractivity contribution in [1.29, 1.82) is 0 Å². The molecular formula is C22H51F3. The lowest BCUT2D eigenvalue weighted by atomic mass is 9.92. The zero-order valence-electron chi connectivity index (χ0n) is 19.3. The van der Waals surface area contributed by atoms with E-state index in [4.69, 9.17) is 0 Å². The van der Waals surface area contributed by atoms with Crippen molar-refractivity contribution in [1.82, 2.24) is 0 Å². The van der Waals surface area contributed by atoms with Crippen molar-refractivity contribution in [3.8, 4) is 0 Å². The summed E-state index contributed by atoms with van der Waals surface area (Å²) >= 11 is 0. The Morgan fingerprint density at radius 1 is 0.440 bits per heavy atom. The maximum Gasteiger partial charge on any atom is 0.389 e. The second-order valence-corrected chi connectivity index (χ2v) is 12.4. The molecule has 0 atom stereocenters. The third-order valence-corrected chi connectivity index (χ3v) is 0.731. The maximum atomic E-state index is 11.6. The molecule has 0 rings (SSSR count). The van der Waals surface area contributed by atoms with Crippen LogP contribution in [0.4, 0.5) is 13.2 Å². The minimum atomic E-state index is -4.02. The fraction of sp³-hybridized carbons (Fsp3) is 1.00. The first-order valence-corrected chi connectivity index (χ1v) is 8.77. The van der Waals surface area contributed by atoms with Gasteiger partial charge >= 0.3 is 6.18 Å². The molecule has 0 aliphatic rings. The van der Waals surface area contributed by atoms with E-state index in [9.17, 15) is 13.2 Å². The Labute approximate surface area is 159 Å². The molecule has 0 aromatic heterocycles. The Balaban J connectivity index is -0.0000000733. The van der Waals surface area contributed by atoms with E-state index in [0.29, 0.717) is 16.2 Å². The van der Waals surface area contributed by atoms with Gasteiger partial charge in [-0.25, -0.2) is 0 Å².